The highest BCUT2D eigenvalue weighted by atomic mass is 16.3. The Bertz CT molecular complexity index is 607. The van der Waals surface area contributed by atoms with Crippen molar-refractivity contribution < 1.29 is 5.11 Å². The number of benzene rings is 2. The minimum Gasteiger partial charge on any atom is -0.385 e. The van der Waals surface area contributed by atoms with Gasteiger partial charge < -0.3 is 5.11 Å². The lowest BCUT2D eigenvalue weighted by Gasteiger charge is -2.31. The lowest BCUT2D eigenvalue weighted by Crippen LogP contribution is -2.26. The first-order valence-electron chi connectivity index (χ1n) is 8.58. The summed E-state index contributed by atoms with van der Waals surface area (Å²) in [4.78, 5) is 0. The summed E-state index contributed by atoms with van der Waals surface area (Å²) in [5.41, 5.74) is 4.24. The van der Waals surface area contributed by atoms with Crippen LogP contribution in [0, 0.1) is 6.92 Å². The van der Waals surface area contributed by atoms with E-state index in [0.29, 0.717) is 0 Å². The van der Waals surface area contributed by atoms with Crippen LogP contribution in [0.2, 0.25) is 0 Å². The van der Waals surface area contributed by atoms with E-state index < -0.39 is 5.60 Å². The van der Waals surface area contributed by atoms with E-state index in [1.807, 2.05) is 6.07 Å². The van der Waals surface area contributed by atoms with Crippen molar-refractivity contribution in [2.45, 2.75) is 57.5 Å². The third-order valence-electron chi connectivity index (χ3n) is 5.03. The Labute approximate surface area is 134 Å². The number of aliphatic hydroxyl groups is 1. The molecule has 0 radical (unpaired) electrons. The van der Waals surface area contributed by atoms with Gasteiger partial charge in [0, 0.05) is 0 Å². The lowest BCUT2D eigenvalue weighted by atomic mass is 9.80. The monoisotopic (exact) mass is 294 g/mol. The van der Waals surface area contributed by atoms with E-state index in [-0.39, 0.29) is 0 Å². The van der Waals surface area contributed by atoms with Crippen molar-refractivity contribution in [3.05, 3.63) is 59.7 Å². The van der Waals surface area contributed by atoms with Gasteiger partial charge in [0.25, 0.3) is 0 Å². The molecule has 0 heterocycles. The van der Waals surface area contributed by atoms with Crippen molar-refractivity contribution in [2.75, 3.05) is 0 Å². The maximum absolute atomic E-state index is 11.1. The van der Waals surface area contributed by atoms with Gasteiger partial charge in [-0.25, -0.2) is 0 Å². The summed E-state index contributed by atoms with van der Waals surface area (Å²) in [6.45, 7) is 2.15. The molecule has 1 aliphatic rings. The Balaban J connectivity index is 1.90. The van der Waals surface area contributed by atoms with Crippen LogP contribution in [-0.2, 0) is 5.60 Å². The van der Waals surface area contributed by atoms with Crippen LogP contribution in [0.5, 0.6) is 0 Å². The topological polar surface area (TPSA) is 20.2 Å². The molecule has 0 amide bonds. The van der Waals surface area contributed by atoms with Gasteiger partial charge in [0.1, 0.15) is 0 Å². The van der Waals surface area contributed by atoms with Gasteiger partial charge in [-0.15, -0.1) is 0 Å². The summed E-state index contributed by atoms with van der Waals surface area (Å²) >= 11 is 0. The van der Waals surface area contributed by atoms with Crippen molar-refractivity contribution in [3.63, 3.8) is 0 Å². The molecule has 0 unspecified atom stereocenters. The summed E-state index contributed by atoms with van der Waals surface area (Å²) in [6.07, 6.45) is 7.90. The molecule has 1 heteroatoms. The first-order chi connectivity index (χ1) is 10.7. The van der Waals surface area contributed by atoms with Crippen LogP contribution in [0.4, 0.5) is 0 Å². The molecule has 1 N–H and O–H groups in total. The molecule has 1 saturated carbocycles. The maximum Gasteiger partial charge on any atom is 0.0896 e. The molecule has 0 saturated heterocycles. The molecule has 22 heavy (non-hydrogen) atoms. The zero-order valence-corrected chi connectivity index (χ0v) is 13.5. The predicted octanol–water partition coefficient (Wildman–Crippen LogP) is 5.59. The Morgan fingerprint density at radius 2 is 1.45 bits per heavy atom. The lowest BCUT2D eigenvalue weighted by molar-refractivity contribution is 0.00957. The summed E-state index contributed by atoms with van der Waals surface area (Å²) in [6, 6.07) is 17.0. The molecular formula is C21H26O. The quantitative estimate of drug-likeness (QED) is 0.765. The first-order valence-corrected chi connectivity index (χ1v) is 8.58. The standard InChI is InChI=1S/C21H26O/c1-17-16-19(21(22)14-8-3-2-4-9-15-21)12-13-20(17)18-10-6-5-7-11-18/h5-7,10-13,16,22H,2-4,8-9,14-15H2,1H3. The fraction of sp³-hybridized carbons (Fsp3) is 0.429. The van der Waals surface area contributed by atoms with Crippen molar-refractivity contribution in [1.29, 1.82) is 0 Å². The van der Waals surface area contributed by atoms with Crippen LogP contribution >= 0.6 is 0 Å². The average molecular weight is 294 g/mol. The molecule has 2 aromatic carbocycles. The van der Waals surface area contributed by atoms with Crippen molar-refractivity contribution >= 4 is 0 Å². The first kappa shape index (κ1) is 15.3. The van der Waals surface area contributed by atoms with Crippen LogP contribution < -0.4 is 0 Å². The molecule has 2 aromatic rings. The minimum atomic E-state index is -0.625. The zero-order chi connectivity index (χ0) is 15.4. The highest BCUT2D eigenvalue weighted by Gasteiger charge is 2.29. The zero-order valence-electron chi connectivity index (χ0n) is 13.5. The second kappa shape index (κ2) is 6.66. The van der Waals surface area contributed by atoms with E-state index >= 15 is 0 Å². The van der Waals surface area contributed by atoms with Gasteiger partial charge in [-0.2, -0.15) is 0 Å². The van der Waals surface area contributed by atoms with Gasteiger partial charge in [0.2, 0.25) is 0 Å². The normalized spacial score (nSPS) is 18.5. The Kier molecular flexibility index (Phi) is 4.63. The average Bonchev–Trinajstić information content (AvgIpc) is 2.52. The van der Waals surface area contributed by atoms with Crippen molar-refractivity contribution in [3.8, 4) is 11.1 Å². The van der Waals surface area contributed by atoms with Gasteiger partial charge in [-0.3, -0.25) is 0 Å². The van der Waals surface area contributed by atoms with E-state index in [4.69, 9.17) is 0 Å². The molecule has 116 valence electrons. The summed E-state index contributed by atoms with van der Waals surface area (Å²) in [5.74, 6) is 0. The number of aryl methyl sites for hydroxylation is 1. The molecule has 0 atom stereocenters. The van der Waals surface area contributed by atoms with Gasteiger partial charge in [0.15, 0.2) is 0 Å². The molecular weight excluding hydrogens is 268 g/mol. The highest BCUT2D eigenvalue weighted by molar-refractivity contribution is 5.67. The minimum absolute atomic E-state index is 0.625. The molecule has 1 fully saturated rings. The van der Waals surface area contributed by atoms with E-state index in [9.17, 15) is 5.11 Å². The summed E-state index contributed by atoms with van der Waals surface area (Å²) in [5, 5.41) is 11.1. The van der Waals surface area contributed by atoms with Crippen molar-refractivity contribution in [2.24, 2.45) is 0 Å². The fourth-order valence-corrected chi connectivity index (χ4v) is 3.67. The predicted molar refractivity (Wildman–Crippen MR) is 92.8 cm³/mol. The molecule has 1 nitrogen and oxygen atoms in total. The van der Waals surface area contributed by atoms with Gasteiger partial charge in [-0.1, -0.05) is 80.6 Å². The second-order valence-electron chi connectivity index (χ2n) is 6.70. The fourth-order valence-electron chi connectivity index (χ4n) is 3.67. The third kappa shape index (κ3) is 3.25. The Morgan fingerprint density at radius 1 is 0.818 bits per heavy atom. The van der Waals surface area contributed by atoms with Gasteiger partial charge in [-0.05, 0) is 42.0 Å². The summed E-state index contributed by atoms with van der Waals surface area (Å²) in [7, 11) is 0. The van der Waals surface area contributed by atoms with Crippen LogP contribution in [0.15, 0.2) is 48.5 Å². The molecule has 3 rings (SSSR count). The van der Waals surface area contributed by atoms with Crippen molar-refractivity contribution in [1.82, 2.24) is 0 Å². The number of rotatable bonds is 2. The van der Waals surface area contributed by atoms with E-state index in [1.54, 1.807) is 0 Å². The van der Waals surface area contributed by atoms with E-state index in [0.717, 1.165) is 31.2 Å². The highest BCUT2D eigenvalue weighted by Crippen LogP contribution is 2.37. The molecule has 0 aromatic heterocycles. The maximum atomic E-state index is 11.1. The van der Waals surface area contributed by atoms with Gasteiger partial charge >= 0.3 is 0 Å². The second-order valence-corrected chi connectivity index (χ2v) is 6.70. The Hall–Kier alpha value is -1.60. The molecule has 0 aliphatic heterocycles. The van der Waals surface area contributed by atoms with Crippen LogP contribution in [0.25, 0.3) is 11.1 Å². The van der Waals surface area contributed by atoms with E-state index in [2.05, 4.69) is 49.4 Å². The largest absolute Gasteiger partial charge is 0.385 e. The summed E-state index contributed by atoms with van der Waals surface area (Å²) < 4.78 is 0. The van der Waals surface area contributed by atoms with Crippen LogP contribution in [0.3, 0.4) is 0 Å². The van der Waals surface area contributed by atoms with Gasteiger partial charge in [0.05, 0.1) is 5.60 Å². The number of hydrogen-bond donors (Lipinski definition) is 1. The van der Waals surface area contributed by atoms with Crippen LogP contribution in [-0.4, -0.2) is 5.11 Å². The SMILES string of the molecule is Cc1cc(C2(O)CCCCCCC2)ccc1-c1ccccc1. The molecule has 0 bridgehead atoms. The smallest absolute Gasteiger partial charge is 0.0896 e. The molecule has 1 aliphatic carbocycles. The van der Waals surface area contributed by atoms with Crippen LogP contribution in [0.1, 0.15) is 56.1 Å². The molecule has 0 spiro atoms. The Morgan fingerprint density at radius 3 is 2.09 bits per heavy atom. The van der Waals surface area contributed by atoms with E-state index in [1.165, 1.54) is 36.0 Å². The third-order valence-corrected chi connectivity index (χ3v) is 5.03. The number of hydrogen-bond acceptors (Lipinski definition) is 1.